The molecule has 0 aliphatic heterocycles. The topological polar surface area (TPSA) is 110 Å². The molecule has 6 heteroatoms. The molecule has 4 atom stereocenters. The average Bonchev–Trinajstić information content (AvgIpc) is 2.94. The van der Waals surface area contributed by atoms with Crippen molar-refractivity contribution in [3.8, 4) is 0 Å². The predicted molar refractivity (Wildman–Crippen MR) is 164 cm³/mol. The number of hydrogen-bond donors (Lipinski definition) is 5. The van der Waals surface area contributed by atoms with E-state index in [0.29, 0.717) is 12.8 Å². The largest absolute Gasteiger partial charge is 0.394 e. The molecule has 4 unspecified atom stereocenters. The third-order valence-electron chi connectivity index (χ3n) is 8.07. The van der Waals surface area contributed by atoms with Crippen LogP contribution in [-0.2, 0) is 4.79 Å². The van der Waals surface area contributed by atoms with E-state index in [0.717, 1.165) is 38.5 Å². The van der Waals surface area contributed by atoms with E-state index in [9.17, 15) is 25.2 Å². The number of unbranched alkanes of at least 4 members (excludes halogenated alkanes) is 21. The van der Waals surface area contributed by atoms with Crippen molar-refractivity contribution in [3.05, 3.63) is 0 Å². The highest BCUT2D eigenvalue weighted by atomic mass is 16.3. The third-order valence-corrected chi connectivity index (χ3v) is 8.07. The van der Waals surface area contributed by atoms with Gasteiger partial charge in [0.25, 0.3) is 0 Å². The Labute approximate surface area is 241 Å². The number of amides is 1. The molecule has 5 N–H and O–H groups in total. The monoisotopic (exact) mass is 558 g/mol. The molecule has 6 nitrogen and oxygen atoms in total. The number of nitrogens with one attached hydrogen (secondary N) is 1. The van der Waals surface area contributed by atoms with Crippen molar-refractivity contribution in [2.75, 3.05) is 6.61 Å². The number of aliphatic hydroxyl groups excluding tert-OH is 4. The highest BCUT2D eigenvalue weighted by molar-refractivity contribution is 5.80. The van der Waals surface area contributed by atoms with E-state index in [1.807, 2.05) is 0 Å². The summed E-state index contributed by atoms with van der Waals surface area (Å²) in [5, 5.41) is 43.2. The molecule has 234 valence electrons. The fraction of sp³-hybridized carbons (Fsp3) is 0.970. The van der Waals surface area contributed by atoms with Gasteiger partial charge in [-0.05, 0) is 12.8 Å². The van der Waals surface area contributed by atoms with Crippen LogP contribution in [0.4, 0.5) is 0 Å². The lowest BCUT2D eigenvalue weighted by Crippen LogP contribution is -2.53. The maximum absolute atomic E-state index is 12.4. The van der Waals surface area contributed by atoms with Crippen molar-refractivity contribution in [3.63, 3.8) is 0 Å². The molecule has 0 rings (SSSR count). The minimum Gasteiger partial charge on any atom is -0.394 e. The third kappa shape index (κ3) is 23.7. The normalized spacial score (nSPS) is 14.7. The van der Waals surface area contributed by atoms with Crippen LogP contribution in [0.1, 0.15) is 174 Å². The molecule has 39 heavy (non-hydrogen) atoms. The van der Waals surface area contributed by atoms with Crippen LogP contribution >= 0.6 is 0 Å². The minimum atomic E-state index is -1.25. The molecule has 0 fully saturated rings. The zero-order valence-corrected chi connectivity index (χ0v) is 25.9. The predicted octanol–water partition coefficient (Wildman–Crippen LogP) is 7.34. The lowest BCUT2D eigenvalue weighted by Gasteiger charge is -2.27. The van der Waals surface area contributed by atoms with E-state index >= 15 is 0 Å². The number of aliphatic hydroxyl groups is 4. The molecule has 1 amide bonds. The van der Waals surface area contributed by atoms with E-state index in [2.05, 4.69) is 19.2 Å². The van der Waals surface area contributed by atoms with Crippen molar-refractivity contribution < 1.29 is 25.2 Å². The van der Waals surface area contributed by atoms with Crippen LogP contribution in [0.25, 0.3) is 0 Å². The minimum absolute atomic E-state index is 0.374. The van der Waals surface area contributed by atoms with Crippen LogP contribution in [0.5, 0.6) is 0 Å². The highest BCUT2D eigenvalue weighted by Crippen LogP contribution is 2.15. The molecular formula is C33H67NO5. The Bertz CT molecular complexity index is 518. The zero-order valence-electron chi connectivity index (χ0n) is 25.9. The molecule has 0 saturated carbocycles. The van der Waals surface area contributed by atoms with E-state index in [4.69, 9.17) is 0 Å². The number of rotatable bonds is 30. The molecule has 0 aliphatic carbocycles. The summed E-state index contributed by atoms with van der Waals surface area (Å²) in [5.74, 6) is -0.585. The van der Waals surface area contributed by atoms with Crippen molar-refractivity contribution in [1.82, 2.24) is 5.32 Å². The summed E-state index contributed by atoms with van der Waals surface area (Å²) in [5.41, 5.74) is 0. The second kappa shape index (κ2) is 28.8. The Balaban J connectivity index is 3.82. The second-order valence-corrected chi connectivity index (χ2v) is 11.9. The average molecular weight is 558 g/mol. The number of hydrogen-bond acceptors (Lipinski definition) is 5. The molecule has 0 spiro atoms. The SMILES string of the molecule is CCCCCCCCCCCCCCCCC(O)C(=O)NC(CO)C(O)C(O)CCCCCCCCCCC. The Kier molecular flexibility index (Phi) is 28.3. The fourth-order valence-electron chi connectivity index (χ4n) is 5.28. The Morgan fingerprint density at radius 3 is 1.23 bits per heavy atom. The molecule has 0 saturated heterocycles. The van der Waals surface area contributed by atoms with Crippen LogP contribution in [0.2, 0.25) is 0 Å². The highest BCUT2D eigenvalue weighted by Gasteiger charge is 2.28. The first kappa shape index (κ1) is 38.3. The van der Waals surface area contributed by atoms with E-state index in [-0.39, 0.29) is 0 Å². The summed E-state index contributed by atoms with van der Waals surface area (Å²) in [6.07, 6.45) is 25.5. The Hall–Kier alpha value is -0.690. The van der Waals surface area contributed by atoms with Crippen molar-refractivity contribution in [2.24, 2.45) is 0 Å². The van der Waals surface area contributed by atoms with Crippen molar-refractivity contribution in [2.45, 2.75) is 199 Å². The van der Waals surface area contributed by atoms with E-state index in [1.54, 1.807) is 0 Å². The van der Waals surface area contributed by atoms with Crippen LogP contribution in [-0.4, -0.2) is 57.3 Å². The van der Waals surface area contributed by atoms with Gasteiger partial charge in [-0.15, -0.1) is 0 Å². The summed E-state index contributed by atoms with van der Waals surface area (Å²) in [6.45, 7) is 4.00. The van der Waals surface area contributed by atoms with Gasteiger partial charge in [0, 0.05) is 0 Å². The van der Waals surface area contributed by atoms with Crippen LogP contribution in [0.3, 0.4) is 0 Å². The van der Waals surface area contributed by atoms with Crippen molar-refractivity contribution >= 4 is 5.91 Å². The molecule has 0 aromatic carbocycles. The van der Waals surface area contributed by atoms with Crippen LogP contribution in [0.15, 0.2) is 0 Å². The van der Waals surface area contributed by atoms with Gasteiger partial charge in [-0.1, -0.05) is 162 Å². The molecule has 0 radical (unpaired) electrons. The summed E-state index contributed by atoms with van der Waals surface area (Å²) < 4.78 is 0. The van der Waals surface area contributed by atoms with Gasteiger partial charge in [-0.25, -0.2) is 0 Å². The van der Waals surface area contributed by atoms with Gasteiger partial charge < -0.3 is 25.7 Å². The maximum Gasteiger partial charge on any atom is 0.249 e. The van der Waals surface area contributed by atoms with Gasteiger partial charge in [0.2, 0.25) is 5.91 Å². The summed E-state index contributed by atoms with van der Waals surface area (Å²) in [7, 11) is 0. The van der Waals surface area contributed by atoms with Gasteiger partial charge in [0.15, 0.2) is 0 Å². The van der Waals surface area contributed by atoms with Gasteiger partial charge in [0.1, 0.15) is 12.2 Å². The Morgan fingerprint density at radius 2 is 0.872 bits per heavy atom. The first-order valence-electron chi connectivity index (χ1n) is 16.9. The second-order valence-electron chi connectivity index (χ2n) is 11.9. The van der Waals surface area contributed by atoms with Gasteiger partial charge in [-0.2, -0.15) is 0 Å². The number of carbonyl (C=O) groups excluding carboxylic acids is 1. The lowest BCUT2D eigenvalue weighted by molar-refractivity contribution is -0.132. The maximum atomic E-state index is 12.4. The summed E-state index contributed by atoms with van der Waals surface area (Å²) in [4.78, 5) is 12.4. The molecule has 0 aromatic heterocycles. The summed E-state index contributed by atoms with van der Waals surface area (Å²) in [6, 6.07) is -0.975. The standard InChI is InChI=1S/C33H67NO5/c1-3-5-7-9-11-13-14-15-16-17-19-21-23-25-27-31(37)33(39)34-29(28-35)32(38)30(36)26-24-22-20-18-12-10-8-6-4-2/h29-32,35-38H,3-28H2,1-2H3,(H,34,39). The quantitative estimate of drug-likeness (QED) is 0.0594. The molecule has 0 aromatic rings. The van der Waals surface area contributed by atoms with E-state index in [1.165, 1.54) is 109 Å². The fourth-order valence-corrected chi connectivity index (χ4v) is 5.28. The number of carbonyl (C=O) groups is 1. The van der Waals surface area contributed by atoms with E-state index < -0.39 is 36.9 Å². The first-order chi connectivity index (χ1) is 19.0. The lowest BCUT2D eigenvalue weighted by atomic mass is 9.99. The van der Waals surface area contributed by atoms with Gasteiger partial charge >= 0.3 is 0 Å². The molecular weight excluding hydrogens is 490 g/mol. The van der Waals surface area contributed by atoms with Crippen molar-refractivity contribution in [1.29, 1.82) is 0 Å². The zero-order chi connectivity index (χ0) is 29.0. The van der Waals surface area contributed by atoms with Crippen LogP contribution in [0, 0.1) is 0 Å². The first-order valence-corrected chi connectivity index (χ1v) is 16.9. The summed E-state index contributed by atoms with van der Waals surface area (Å²) >= 11 is 0. The molecule has 0 bridgehead atoms. The smallest absolute Gasteiger partial charge is 0.249 e. The molecule has 0 heterocycles. The van der Waals surface area contributed by atoms with Crippen LogP contribution < -0.4 is 5.32 Å². The molecule has 0 aliphatic rings. The Morgan fingerprint density at radius 1 is 0.538 bits per heavy atom. The van der Waals surface area contributed by atoms with Gasteiger partial charge in [0.05, 0.1) is 18.8 Å². The van der Waals surface area contributed by atoms with Gasteiger partial charge in [-0.3, -0.25) is 4.79 Å².